The van der Waals surface area contributed by atoms with Gasteiger partial charge in [0.1, 0.15) is 5.82 Å². The molecule has 1 fully saturated rings. The number of nitrogens with one attached hydrogen (secondary N) is 1. The van der Waals surface area contributed by atoms with Crippen LogP contribution in [0.3, 0.4) is 0 Å². The quantitative estimate of drug-likeness (QED) is 0.813. The molecular weight excluding hydrogens is 223 g/mol. The van der Waals surface area contributed by atoms with Crippen LogP contribution in [0, 0.1) is 5.82 Å². The number of rotatable bonds is 3. The van der Waals surface area contributed by atoms with Crippen molar-refractivity contribution in [3.05, 3.63) is 35.6 Å². The minimum atomic E-state index is -0.177. The molecule has 0 heterocycles. The lowest BCUT2D eigenvalue weighted by Gasteiger charge is -2.21. The van der Waals surface area contributed by atoms with Crippen molar-refractivity contribution >= 4 is 17.3 Å². The molecule has 0 saturated heterocycles. The van der Waals surface area contributed by atoms with Crippen molar-refractivity contribution in [1.29, 1.82) is 0 Å². The largest absolute Gasteiger partial charge is 0.360 e. The molecule has 1 saturated carbocycles. The molecule has 0 unspecified atom stereocenters. The highest BCUT2D eigenvalue weighted by molar-refractivity contribution is 7.80. The molecule has 0 aromatic heterocycles. The molecule has 86 valence electrons. The molecule has 0 amide bonds. The first-order chi connectivity index (χ1) is 7.66. The summed E-state index contributed by atoms with van der Waals surface area (Å²) in [5.74, 6) is -0.177. The maximum atomic E-state index is 13.4. The third-order valence-corrected chi connectivity index (χ3v) is 3.05. The Bertz CT molecular complexity index is 390. The van der Waals surface area contributed by atoms with E-state index in [0.29, 0.717) is 23.3 Å². The Morgan fingerprint density at radius 2 is 2.19 bits per heavy atom. The molecule has 1 aromatic rings. The predicted molar refractivity (Wildman–Crippen MR) is 66.6 cm³/mol. The fraction of sp³-hybridized carbons (Fsp3) is 0.417. The Balaban J connectivity index is 1.92. The van der Waals surface area contributed by atoms with Crippen molar-refractivity contribution in [2.24, 2.45) is 0 Å². The lowest BCUT2D eigenvalue weighted by molar-refractivity contribution is 0.470. The SMILES string of the molecule is CN(Cc1ccccc1F)C(=S)NC1CC1. The molecule has 0 radical (unpaired) electrons. The molecule has 4 heteroatoms. The minimum absolute atomic E-state index is 0.177. The van der Waals surface area contributed by atoms with Crippen molar-refractivity contribution in [3.63, 3.8) is 0 Å². The van der Waals surface area contributed by atoms with Gasteiger partial charge in [-0.3, -0.25) is 0 Å². The highest BCUT2D eigenvalue weighted by Gasteiger charge is 2.23. The maximum absolute atomic E-state index is 13.4. The molecule has 2 rings (SSSR count). The number of halogens is 1. The van der Waals surface area contributed by atoms with Crippen LogP contribution in [0.1, 0.15) is 18.4 Å². The molecule has 1 aliphatic rings. The van der Waals surface area contributed by atoms with Gasteiger partial charge in [0.05, 0.1) is 0 Å². The first-order valence-electron chi connectivity index (χ1n) is 5.42. The second-order valence-electron chi connectivity index (χ2n) is 4.17. The highest BCUT2D eigenvalue weighted by atomic mass is 32.1. The lowest BCUT2D eigenvalue weighted by Crippen LogP contribution is -2.37. The van der Waals surface area contributed by atoms with Crippen molar-refractivity contribution in [1.82, 2.24) is 10.2 Å². The summed E-state index contributed by atoms with van der Waals surface area (Å²) in [5, 5.41) is 3.93. The Morgan fingerprint density at radius 1 is 1.50 bits per heavy atom. The Kier molecular flexibility index (Phi) is 3.39. The molecule has 1 aliphatic carbocycles. The molecule has 0 aliphatic heterocycles. The van der Waals surface area contributed by atoms with Crippen molar-refractivity contribution in [3.8, 4) is 0 Å². The van der Waals surface area contributed by atoms with Crippen LogP contribution in [0.4, 0.5) is 4.39 Å². The van der Waals surface area contributed by atoms with Gasteiger partial charge in [-0.05, 0) is 31.1 Å². The average Bonchev–Trinajstić information content (AvgIpc) is 3.05. The van der Waals surface area contributed by atoms with Gasteiger partial charge >= 0.3 is 0 Å². The van der Waals surface area contributed by atoms with Gasteiger partial charge in [-0.2, -0.15) is 0 Å². The zero-order valence-electron chi connectivity index (χ0n) is 9.24. The van der Waals surface area contributed by atoms with E-state index < -0.39 is 0 Å². The normalized spacial score (nSPS) is 14.6. The molecule has 1 N–H and O–H groups in total. The van der Waals surface area contributed by atoms with Crippen LogP contribution in [0.15, 0.2) is 24.3 Å². The van der Waals surface area contributed by atoms with E-state index >= 15 is 0 Å². The number of benzene rings is 1. The first kappa shape index (κ1) is 11.3. The van der Waals surface area contributed by atoms with Crippen molar-refractivity contribution in [2.45, 2.75) is 25.4 Å². The van der Waals surface area contributed by atoms with Gasteiger partial charge in [-0.1, -0.05) is 18.2 Å². The molecule has 0 atom stereocenters. The van der Waals surface area contributed by atoms with Crippen LogP contribution in [0.2, 0.25) is 0 Å². The smallest absolute Gasteiger partial charge is 0.169 e. The van der Waals surface area contributed by atoms with Crippen LogP contribution in [-0.4, -0.2) is 23.1 Å². The summed E-state index contributed by atoms with van der Waals surface area (Å²) >= 11 is 5.23. The zero-order chi connectivity index (χ0) is 11.5. The monoisotopic (exact) mass is 238 g/mol. The van der Waals surface area contributed by atoms with Gasteiger partial charge in [0.2, 0.25) is 0 Å². The van der Waals surface area contributed by atoms with Crippen molar-refractivity contribution in [2.75, 3.05) is 7.05 Å². The fourth-order valence-electron chi connectivity index (χ4n) is 1.47. The summed E-state index contributed by atoms with van der Waals surface area (Å²) < 4.78 is 13.4. The van der Waals surface area contributed by atoms with Crippen LogP contribution in [-0.2, 0) is 6.54 Å². The molecule has 0 spiro atoms. The van der Waals surface area contributed by atoms with E-state index in [1.54, 1.807) is 12.1 Å². The van der Waals surface area contributed by atoms with Crippen LogP contribution in [0.5, 0.6) is 0 Å². The van der Waals surface area contributed by atoms with E-state index in [4.69, 9.17) is 12.2 Å². The van der Waals surface area contributed by atoms with Gasteiger partial charge in [0.25, 0.3) is 0 Å². The molecule has 2 nitrogen and oxygen atoms in total. The van der Waals surface area contributed by atoms with E-state index in [1.807, 2.05) is 18.0 Å². The summed E-state index contributed by atoms with van der Waals surface area (Å²) in [5.41, 5.74) is 0.671. The van der Waals surface area contributed by atoms with Crippen molar-refractivity contribution < 1.29 is 4.39 Å². The van der Waals surface area contributed by atoms with Gasteiger partial charge in [0, 0.05) is 25.2 Å². The minimum Gasteiger partial charge on any atom is -0.360 e. The van der Waals surface area contributed by atoms with E-state index in [9.17, 15) is 4.39 Å². The molecule has 0 bridgehead atoms. The van der Waals surface area contributed by atoms with Gasteiger partial charge in [0.15, 0.2) is 5.11 Å². The van der Waals surface area contributed by atoms with E-state index in [2.05, 4.69) is 5.32 Å². The third kappa shape index (κ3) is 2.92. The Labute approximate surface area is 100 Å². The predicted octanol–water partition coefficient (Wildman–Crippen LogP) is 2.29. The average molecular weight is 238 g/mol. The van der Waals surface area contributed by atoms with E-state index in [0.717, 1.165) is 0 Å². The lowest BCUT2D eigenvalue weighted by atomic mass is 10.2. The van der Waals surface area contributed by atoms with E-state index in [1.165, 1.54) is 18.9 Å². The van der Waals surface area contributed by atoms with Gasteiger partial charge < -0.3 is 10.2 Å². The first-order valence-corrected chi connectivity index (χ1v) is 5.82. The van der Waals surface area contributed by atoms with Gasteiger partial charge in [-0.25, -0.2) is 4.39 Å². The zero-order valence-corrected chi connectivity index (χ0v) is 10.1. The summed E-state index contributed by atoms with van der Waals surface area (Å²) in [6.45, 7) is 0.505. The number of hydrogen-bond acceptors (Lipinski definition) is 1. The number of nitrogens with zero attached hydrogens (tertiary/aromatic N) is 1. The van der Waals surface area contributed by atoms with Crippen LogP contribution in [0.25, 0.3) is 0 Å². The summed E-state index contributed by atoms with van der Waals surface area (Å²) in [6, 6.07) is 7.32. The second kappa shape index (κ2) is 4.78. The molecule has 16 heavy (non-hydrogen) atoms. The molecule has 1 aromatic carbocycles. The Morgan fingerprint density at radius 3 is 2.81 bits per heavy atom. The highest BCUT2D eigenvalue weighted by Crippen LogP contribution is 2.19. The fourth-order valence-corrected chi connectivity index (χ4v) is 1.70. The van der Waals surface area contributed by atoms with E-state index in [-0.39, 0.29) is 5.82 Å². The number of hydrogen-bond donors (Lipinski definition) is 1. The van der Waals surface area contributed by atoms with Crippen LogP contribution >= 0.6 is 12.2 Å². The van der Waals surface area contributed by atoms with Gasteiger partial charge in [-0.15, -0.1) is 0 Å². The van der Waals surface area contributed by atoms with Crippen LogP contribution < -0.4 is 5.32 Å². The Hall–Kier alpha value is -1.16. The summed E-state index contributed by atoms with van der Waals surface area (Å²) in [4.78, 5) is 1.87. The standard InChI is InChI=1S/C12H15FN2S/c1-15(12(16)14-10-6-7-10)8-9-4-2-3-5-11(9)13/h2-5,10H,6-8H2,1H3,(H,14,16). The second-order valence-corrected chi connectivity index (χ2v) is 4.56. The summed E-state index contributed by atoms with van der Waals surface area (Å²) in [6.07, 6.45) is 2.38. The number of thiocarbonyl (C=S) groups is 1. The summed E-state index contributed by atoms with van der Waals surface area (Å²) in [7, 11) is 1.88. The molecular formula is C12H15FN2S. The maximum Gasteiger partial charge on any atom is 0.169 e. The topological polar surface area (TPSA) is 15.3 Å². The third-order valence-electron chi connectivity index (χ3n) is 2.62.